The molecule has 17 heavy (non-hydrogen) atoms. The Balaban J connectivity index is 2.69. The number of amides is 1. The summed E-state index contributed by atoms with van der Waals surface area (Å²) in [6.45, 7) is 4.48. The van der Waals surface area contributed by atoms with E-state index in [0.717, 1.165) is 5.56 Å². The van der Waals surface area contributed by atoms with Crippen LogP contribution in [0.25, 0.3) is 0 Å². The van der Waals surface area contributed by atoms with E-state index < -0.39 is 0 Å². The van der Waals surface area contributed by atoms with E-state index in [-0.39, 0.29) is 17.7 Å². The number of phenolic OH excluding ortho intramolecular Hbond substituents is 1. The number of aromatic hydroxyl groups is 1. The van der Waals surface area contributed by atoms with E-state index in [0.29, 0.717) is 18.8 Å². The van der Waals surface area contributed by atoms with Crippen LogP contribution in [0.15, 0.2) is 24.3 Å². The van der Waals surface area contributed by atoms with Crippen molar-refractivity contribution in [1.82, 2.24) is 4.90 Å². The van der Waals surface area contributed by atoms with Crippen molar-refractivity contribution in [1.29, 1.82) is 0 Å². The van der Waals surface area contributed by atoms with E-state index >= 15 is 0 Å². The van der Waals surface area contributed by atoms with Crippen LogP contribution < -0.4 is 0 Å². The minimum absolute atomic E-state index is 0.0336. The van der Waals surface area contributed by atoms with Gasteiger partial charge in [-0.05, 0) is 31.5 Å². The lowest BCUT2D eigenvalue weighted by Crippen LogP contribution is -2.39. The molecule has 0 aliphatic heterocycles. The summed E-state index contributed by atoms with van der Waals surface area (Å²) in [6.07, 6.45) is 0.295. The number of halogens is 1. The Morgan fingerprint density at radius 1 is 1.47 bits per heavy atom. The average Bonchev–Trinajstić information content (AvgIpc) is 2.25. The Labute approximate surface area is 107 Å². The number of carbonyl (C=O) groups is 1. The van der Waals surface area contributed by atoms with E-state index in [4.69, 9.17) is 11.6 Å². The van der Waals surface area contributed by atoms with E-state index in [1.165, 1.54) is 0 Å². The maximum Gasteiger partial charge on any atom is 0.227 e. The van der Waals surface area contributed by atoms with Crippen molar-refractivity contribution in [2.45, 2.75) is 26.3 Å². The molecule has 0 radical (unpaired) electrons. The first-order valence-corrected chi connectivity index (χ1v) is 6.21. The molecule has 3 nitrogen and oxygen atoms in total. The van der Waals surface area contributed by atoms with Crippen molar-refractivity contribution in [2.24, 2.45) is 0 Å². The number of phenols is 1. The first-order chi connectivity index (χ1) is 8.04. The SMILES string of the molecule is CC(C)N(CCCl)C(=O)Cc1cccc(O)c1. The lowest BCUT2D eigenvalue weighted by atomic mass is 10.1. The maximum atomic E-state index is 12.0. The van der Waals surface area contributed by atoms with Crippen molar-refractivity contribution < 1.29 is 9.90 Å². The predicted molar refractivity (Wildman–Crippen MR) is 69.4 cm³/mol. The van der Waals surface area contributed by atoms with Crippen LogP contribution >= 0.6 is 11.6 Å². The van der Waals surface area contributed by atoms with Crippen LogP contribution in [0.1, 0.15) is 19.4 Å². The van der Waals surface area contributed by atoms with E-state index in [9.17, 15) is 9.90 Å². The zero-order chi connectivity index (χ0) is 12.8. The summed E-state index contributed by atoms with van der Waals surface area (Å²) in [5, 5.41) is 9.33. The first kappa shape index (κ1) is 13.8. The molecular weight excluding hydrogens is 238 g/mol. The van der Waals surface area contributed by atoms with Crippen molar-refractivity contribution in [2.75, 3.05) is 12.4 Å². The highest BCUT2D eigenvalue weighted by Crippen LogP contribution is 2.13. The van der Waals surface area contributed by atoms with Gasteiger partial charge in [0.15, 0.2) is 0 Å². The number of benzene rings is 1. The molecule has 94 valence electrons. The highest BCUT2D eigenvalue weighted by Gasteiger charge is 2.16. The fourth-order valence-electron chi connectivity index (χ4n) is 1.70. The van der Waals surface area contributed by atoms with Crippen LogP contribution in [-0.2, 0) is 11.2 Å². The zero-order valence-electron chi connectivity index (χ0n) is 10.2. The molecule has 1 aromatic carbocycles. The summed E-state index contributed by atoms with van der Waals surface area (Å²) in [7, 11) is 0. The second kappa shape index (κ2) is 6.50. The second-order valence-electron chi connectivity index (χ2n) is 4.22. The van der Waals surface area contributed by atoms with Gasteiger partial charge in [0.1, 0.15) is 5.75 Å². The van der Waals surface area contributed by atoms with E-state index in [1.54, 1.807) is 23.1 Å². The summed E-state index contributed by atoms with van der Waals surface area (Å²) in [6, 6.07) is 6.90. The normalized spacial score (nSPS) is 10.6. The third-order valence-electron chi connectivity index (χ3n) is 2.54. The fourth-order valence-corrected chi connectivity index (χ4v) is 1.89. The maximum absolute atomic E-state index is 12.0. The van der Waals surface area contributed by atoms with Crippen molar-refractivity contribution >= 4 is 17.5 Å². The molecule has 1 amide bonds. The lowest BCUT2D eigenvalue weighted by molar-refractivity contribution is -0.131. The molecule has 0 saturated heterocycles. The Bertz CT molecular complexity index is 379. The Morgan fingerprint density at radius 3 is 2.71 bits per heavy atom. The zero-order valence-corrected chi connectivity index (χ0v) is 10.9. The third kappa shape index (κ3) is 4.27. The van der Waals surface area contributed by atoms with Gasteiger partial charge in [-0.3, -0.25) is 4.79 Å². The van der Waals surface area contributed by atoms with Gasteiger partial charge < -0.3 is 10.0 Å². The van der Waals surface area contributed by atoms with Gasteiger partial charge >= 0.3 is 0 Å². The highest BCUT2D eigenvalue weighted by atomic mass is 35.5. The average molecular weight is 256 g/mol. The van der Waals surface area contributed by atoms with Crippen LogP contribution in [0.2, 0.25) is 0 Å². The predicted octanol–water partition coefficient (Wildman–Crippen LogP) is 2.41. The van der Waals surface area contributed by atoms with Gasteiger partial charge in [0, 0.05) is 18.5 Å². The van der Waals surface area contributed by atoms with Crippen molar-refractivity contribution in [3.8, 4) is 5.75 Å². The molecule has 0 spiro atoms. The molecule has 0 bridgehead atoms. The Hall–Kier alpha value is -1.22. The van der Waals surface area contributed by atoms with E-state index in [2.05, 4.69) is 0 Å². The molecule has 0 atom stereocenters. The van der Waals surface area contributed by atoms with Crippen LogP contribution in [0, 0.1) is 0 Å². The van der Waals surface area contributed by atoms with Gasteiger partial charge in [0.05, 0.1) is 6.42 Å². The molecular formula is C13H18ClNO2. The third-order valence-corrected chi connectivity index (χ3v) is 2.70. The summed E-state index contributed by atoms with van der Waals surface area (Å²) >= 11 is 5.68. The quantitative estimate of drug-likeness (QED) is 0.821. The highest BCUT2D eigenvalue weighted by molar-refractivity contribution is 6.18. The number of hydrogen-bond acceptors (Lipinski definition) is 2. The number of hydrogen-bond donors (Lipinski definition) is 1. The van der Waals surface area contributed by atoms with Gasteiger partial charge in [-0.15, -0.1) is 11.6 Å². The summed E-state index contributed by atoms with van der Waals surface area (Å²) < 4.78 is 0. The van der Waals surface area contributed by atoms with Crippen LogP contribution in [0.5, 0.6) is 5.75 Å². The van der Waals surface area contributed by atoms with Gasteiger partial charge in [-0.25, -0.2) is 0 Å². The fraction of sp³-hybridized carbons (Fsp3) is 0.462. The van der Waals surface area contributed by atoms with Crippen LogP contribution in [0.3, 0.4) is 0 Å². The summed E-state index contributed by atoms with van der Waals surface area (Å²) in [5.41, 5.74) is 0.815. The second-order valence-corrected chi connectivity index (χ2v) is 4.59. The molecule has 1 rings (SSSR count). The molecule has 0 aromatic heterocycles. The number of alkyl halides is 1. The molecule has 1 aromatic rings. The van der Waals surface area contributed by atoms with Crippen LogP contribution in [0.4, 0.5) is 0 Å². The lowest BCUT2D eigenvalue weighted by Gasteiger charge is -2.26. The molecule has 0 unspecified atom stereocenters. The Morgan fingerprint density at radius 2 is 2.18 bits per heavy atom. The number of nitrogens with zero attached hydrogens (tertiary/aromatic N) is 1. The van der Waals surface area contributed by atoms with Crippen molar-refractivity contribution in [3.63, 3.8) is 0 Å². The molecule has 0 heterocycles. The number of rotatable bonds is 5. The molecule has 0 aliphatic carbocycles. The summed E-state index contributed by atoms with van der Waals surface area (Å²) in [5.74, 6) is 0.652. The van der Waals surface area contributed by atoms with Gasteiger partial charge in [0.25, 0.3) is 0 Å². The summed E-state index contributed by atoms with van der Waals surface area (Å²) in [4.78, 5) is 13.8. The van der Waals surface area contributed by atoms with Gasteiger partial charge in [-0.2, -0.15) is 0 Å². The minimum Gasteiger partial charge on any atom is -0.508 e. The minimum atomic E-state index is 0.0336. The Kier molecular flexibility index (Phi) is 5.29. The van der Waals surface area contributed by atoms with Gasteiger partial charge in [-0.1, -0.05) is 12.1 Å². The smallest absolute Gasteiger partial charge is 0.227 e. The molecule has 4 heteroatoms. The van der Waals surface area contributed by atoms with Gasteiger partial charge in [0.2, 0.25) is 5.91 Å². The molecule has 0 saturated carbocycles. The standard InChI is InChI=1S/C13H18ClNO2/c1-10(2)15(7-6-14)13(17)9-11-4-3-5-12(16)8-11/h3-5,8,10,16H,6-7,9H2,1-2H3. The molecule has 0 fully saturated rings. The number of carbonyl (C=O) groups excluding carboxylic acids is 1. The van der Waals surface area contributed by atoms with Crippen molar-refractivity contribution in [3.05, 3.63) is 29.8 Å². The topological polar surface area (TPSA) is 40.5 Å². The van der Waals surface area contributed by atoms with Crippen LogP contribution in [-0.4, -0.2) is 34.4 Å². The largest absolute Gasteiger partial charge is 0.508 e. The molecule has 1 N–H and O–H groups in total. The molecule has 0 aliphatic rings. The van der Waals surface area contributed by atoms with E-state index in [1.807, 2.05) is 19.9 Å². The monoisotopic (exact) mass is 255 g/mol. The first-order valence-electron chi connectivity index (χ1n) is 5.68.